The molecule has 0 amide bonds. The minimum Gasteiger partial charge on any atom is -0.103 e. The van der Waals surface area contributed by atoms with Gasteiger partial charge < -0.3 is 0 Å². The lowest BCUT2D eigenvalue weighted by Gasteiger charge is -2.25. The molecule has 0 aromatic carbocycles. The van der Waals surface area contributed by atoms with Crippen molar-refractivity contribution in [3.63, 3.8) is 0 Å². The molecule has 0 N–H and O–H groups in total. The van der Waals surface area contributed by atoms with Gasteiger partial charge in [-0.2, -0.15) is 0 Å². The SMILES string of the molecule is C=CC(C=C)C1CCCCC1.C=CCC(C)C. The molecule has 0 aromatic rings. The van der Waals surface area contributed by atoms with Crippen molar-refractivity contribution >= 4 is 0 Å². The fraction of sp³-hybridized carbons (Fsp3) is 0.647. The first kappa shape index (κ1) is 16.2. The van der Waals surface area contributed by atoms with E-state index in [4.69, 9.17) is 0 Å². The van der Waals surface area contributed by atoms with Gasteiger partial charge in [-0.3, -0.25) is 0 Å². The smallest absolute Gasteiger partial charge is 0.00305 e. The van der Waals surface area contributed by atoms with E-state index >= 15 is 0 Å². The van der Waals surface area contributed by atoms with Gasteiger partial charge in [0.05, 0.1) is 0 Å². The van der Waals surface area contributed by atoms with Gasteiger partial charge in [-0.25, -0.2) is 0 Å². The summed E-state index contributed by atoms with van der Waals surface area (Å²) in [5.41, 5.74) is 0. The lowest BCUT2D eigenvalue weighted by Crippen LogP contribution is -2.13. The van der Waals surface area contributed by atoms with Crippen LogP contribution < -0.4 is 0 Å². The molecule has 0 bridgehead atoms. The number of hydrogen-bond acceptors (Lipinski definition) is 0. The zero-order chi connectivity index (χ0) is 13.1. The highest BCUT2D eigenvalue weighted by molar-refractivity contribution is 4.96. The van der Waals surface area contributed by atoms with Crippen LogP contribution in [0.2, 0.25) is 0 Å². The molecule has 0 aromatic heterocycles. The second-order valence-electron chi connectivity index (χ2n) is 5.37. The molecule has 0 atom stereocenters. The molecule has 0 nitrogen and oxygen atoms in total. The second-order valence-corrected chi connectivity index (χ2v) is 5.37. The van der Waals surface area contributed by atoms with Crippen molar-refractivity contribution in [2.75, 3.05) is 0 Å². The molecule has 0 aliphatic heterocycles. The van der Waals surface area contributed by atoms with Crippen LogP contribution in [-0.2, 0) is 0 Å². The van der Waals surface area contributed by atoms with Crippen LogP contribution in [0.15, 0.2) is 38.0 Å². The van der Waals surface area contributed by atoms with Crippen molar-refractivity contribution < 1.29 is 0 Å². The van der Waals surface area contributed by atoms with Crippen LogP contribution >= 0.6 is 0 Å². The van der Waals surface area contributed by atoms with E-state index in [1.807, 2.05) is 18.2 Å². The summed E-state index contributed by atoms with van der Waals surface area (Å²) in [6.45, 7) is 15.6. The molecule has 0 heteroatoms. The summed E-state index contributed by atoms with van der Waals surface area (Å²) in [5, 5.41) is 0. The normalized spacial score (nSPS) is 16.2. The Labute approximate surface area is 109 Å². The van der Waals surface area contributed by atoms with Gasteiger partial charge >= 0.3 is 0 Å². The monoisotopic (exact) mass is 234 g/mol. The van der Waals surface area contributed by atoms with E-state index in [1.165, 1.54) is 32.1 Å². The number of hydrogen-bond donors (Lipinski definition) is 0. The molecule has 98 valence electrons. The first-order valence-electron chi connectivity index (χ1n) is 7.01. The maximum absolute atomic E-state index is 3.84. The summed E-state index contributed by atoms with van der Waals surface area (Å²) in [6.07, 6.45) is 14.2. The molecule has 0 unspecified atom stereocenters. The zero-order valence-electron chi connectivity index (χ0n) is 11.8. The van der Waals surface area contributed by atoms with Crippen molar-refractivity contribution in [3.05, 3.63) is 38.0 Å². The lowest BCUT2D eigenvalue weighted by atomic mass is 9.80. The first-order valence-corrected chi connectivity index (χ1v) is 7.01. The topological polar surface area (TPSA) is 0 Å². The molecule has 0 saturated heterocycles. The highest BCUT2D eigenvalue weighted by atomic mass is 14.2. The molecular formula is C17H30. The minimum absolute atomic E-state index is 0.565. The van der Waals surface area contributed by atoms with Gasteiger partial charge in [0.1, 0.15) is 0 Å². The third kappa shape index (κ3) is 8.01. The summed E-state index contributed by atoms with van der Waals surface area (Å²) >= 11 is 0. The Bertz CT molecular complexity index is 198. The van der Waals surface area contributed by atoms with E-state index in [9.17, 15) is 0 Å². The Morgan fingerprint density at radius 2 is 1.53 bits per heavy atom. The van der Waals surface area contributed by atoms with Crippen molar-refractivity contribution in [1.82, 2.24) is 0 Å². The van der Waals surface area contributed by atoms with Gasteiger partial charge in [0.15, 0.2) is 0 Å². The quantitative estimate of drug-likeness (QED) is 0.529. The van der Waals surface area contributed by atoms with Gasteiger partial charge in [0, 0.05) is 0 Å². The van der Waals surface area contributed by atoms with Crippen molar-refractivity contribution in [1.29, 1.82) is 0 Å². The van der Waals surface area contributed by atoms with Crippen LogP contribution in [0.4, 0.5) is 0 Å². The molecule has 0 radical (unpaired) electrons. The van der Waals surface area contributed by atoms with E-state index in [1.54, 1.807) is 0 Å². The predicted octanol–water partition coefficient (Wildman–Crippen LogP) is 5.77. The predicted molar refractivity (Wildman–Crippen MR) is 80.1 cm³/mol. The Balaban J connectivity index is 0.000000366. The average Bonchev–Trinajstić information content (AvgIpc) is 2.32. The van der Waals surface area contributed by atoms with Gasteiger partial charge in [0.25, 0.3) is 0 Å². The summed E-state index contributed by atoms with van der Waals surface area (Å²) in [6, 6.07) is 0. The van der Waals surface area contributed by atoms with Crippen LogP contribution in [-0.4, -0.2) is 0 Å². The van der Waals surface area contributed by atoms with Gasteiger partial charge in [0.2, 0.25) is 0 Å². The Hall–Kier alpha value is -0.780. The zero-order valence-corrected chi connectivity index (χ0v) is 11.8. The lowest BCUT2D eigenvalue weighted by molar-refractivity contribution is 0.318. The van der Waals surface area contributed by atoms with Crippen LogP contribution in [0.3, 0.4) is 0 Å². The molecule has 1 saturated carbocycles. The molecule has 1 rings (SSSR count). The van der Waals surface area contributed by atoms with Gasteiger partial charge in [-0.05, 0) is 37.0 Å². The summed E-state index contributed by atoms with van der Waals surface area (Å²) in [4.78, 5) is 0. The van der Waals surface area contributed by atoms with Crippen LogP contribution in [0.5, 0.6) is 0 Å². The standard InChI is InChI=1S/C11H18.C6H12/c1-3-10(4-2)11-8-6-5-7-9-11;1-4-5-6(2)3/h3-4,10-11H,1-2,5-9H2;4,6H,1,5H2,2-3H3. The maximum Gasteiger partial charge on any atom is -0.00305 e. The van der Waals surface area contributed by atoms with Crippen LogP contribution in [0.25, 0.3) is 0 Å². The van der Waals surface area contributed by atoms with Gasteiger partial charge in [-0.1, -0.05) is 51.3 Å². The molecule has 17 heavy (non-hydrogen) atoms. The van der Waals surface area contributed by atoms with Crippen LogP contribution in [0, 0.1) is 17.8 Å². The number of rotatable bonds is 5. The first-order chi connectivity index (χ1) is 8.15. The summed E-state index contributed by atoms with van der Waals surface area (Å²) < 4.78 is 0. The van der Waals surface area contributed by atoms with Gasteiger partial charge in [-0.15, -0.1) is 19.7 Å². The van der Waals surface area contributed by atoms with Crippen molar-refractivity contribution in [3.8, 4) is 0 Å². The third-order valence-electron chi connectivity index (χ3n) is 3.38. The van der Waals surface area contributed by atoms with E-state index in [-0.39, 0.29) is 0 Å². The number of allylic oxidation sites excluding steroid dienone is 3. The van der Waals surface area contributed by atoms with E-state index < -0.39 is 0 Å². The molecular weight excluding hydrogens is 204 g/mol. The maximum atomic E-state index is 3.84. The Morgan fingerprint density at radius 1 is 1.00 bits per heavy atom. The van der Waals surface area contributed by atoms with Crippen molar-refractivity contribution in [2.45, 2.75) is 52.4 Å². The molecule has 1 aliphatic rings. The summed E-state index contributed by atoms with van der Waals surface area (Å²) in [7, 11) is 0. The highest BCUT2D eigenvalue weighted by Gasteiger charge is 2.18. The summed E-state index contributed by atoms with van der Waals surface area (Å²) in [5.74, 6) is 2.19. The van der Waals surface area contributed by atoms with E-state index in [0.29, 0.717) is 5.92 Å². The molecule has 1 aliphatic carbocycles. The average molecular weight is 234 g/mol. The molecule has 0 heterocycles. The minimum atomic E-state index is 0.565. The third-order valence-corrected chi connectivity index (χ3v) is 3.38. The Kier molecular flexibility index (Phi) is 9.90. The van der Waals surface area contributed by atoms with E-state index in [0.717, 1.165) is 18.3 Å². The van der Waals surface area contributed by atoms with Crippen molar-refractivity contribution in [2.24, 2.45) is 17.8 Å². The highest BCUT2D eigenvalue weighted by Crippen LogP contribution is 2.30. The fourth-order valence-electron chi connectivity index (χ4n) is 2.33. The van der Waals surface area contributed by atoms with Crippen LogP contribution in [0.1, 0.15) is 52.4 Å². The molecule has 1 fully saturated rings. The fourth-order valence-corrected chi connectivity index (χ4v) is 2.33. The Morgan fingerprint density at radius 3 is 1.82 bits per heavy atom. The molecule has 0 spiro atoms. The second kappa shape index (κ2) is 10.4. The van der Waals surface area contributed by atoms with E-state index in [2.05, 4.69) is 33.6 Å². The largest absolute Gasteiger partial charge is 0.103 e.